The fourth-order valence-electron chi connectivity index (χ4n) is 1.74. The van der Waals surface area contributed by atoms with Crippen molar-refractivity contribution in [3.05, 3.63) is 35.1 Å². The number of amides is 1. The van der Waals surface area contributed by atoms with Gasteiger partial charge in [0.15, 0.2) is 0 Å². The van der Waals surface area contributed by atoms with Crippen LogP contribution in [0, 0.1) is 11.7 Å². The third kappa shape index (κ3) is 4.70. The average molecular weight is 305 g/mol. The van der Waals surface area contributed by atoms with Gasteiger partial charge in [-0.1, -0.05) is 0 Å². The number of alkyl halides is 3. The van der Waals surface area contributed by atoms with Crippen LogP contribution in [-0.2, 0) is 10.9 Å². The average Bonchev–Trinajstić information content (AvgIpc) is 3.21. The van der Waals surface area contributed by atoms with E-state index in [1.54, 1.807) is 0 Å². The Bertz CT molecular complexity index is 512. The van der Waals surface area contributed by atoms with Crippen molar-refractivity contribution in [3.8, 4) is 0 Å². The van der Waals surface area contributed by atoms with Crippen LogP contribution in [0.1, 0.15) is 28.8 Å². The maximum absolute atomic E-state index is 13.4. The summed E-state index contributed by atoms with van der Waals surface area (Å²) in [5.41, 5.74) is -1.67. The van der Waals surface area contributed by atoms with Crippen molar-refractivity contribution in [2.75, 3.05) is 19.8 Å². The number of halogens is 4. The Morgan fingerprint density at radius 2 is 2.05 bits per heavy atom. The van der Waals surface area contributed by atoms with Crippen LogP contribution in [0.3, 0.4) is 0 Å². The van der Waals surface area contributed by atoms with E-state index in [0.29, 0.717) is 30.7 Å². The molecule has 0 atom stereocenters. The first kappa shape index (κ1) is 15.8. The van der Waals surface area contributed by atoms with Gasteiger partial charge in [-0.05, 0) is 37.0 Å². The van der Waals surface area contributed by atoms with E-state index in [2.05, 4.69) is 5.32 Å². The Morgan fingerprint density at radius 1 is 1.33 bits per heavy atom. The third-order valence-corrected chi connectivity index (χ3v) is 3.12. The van der Waals surface area contributed by atoms with Crippen LogP contribution < -0.4 is 5.32 Å². The SMILES string of the molecule is O=C(NCCOCC1CC1)c1cc(C(F)(F)F)ccc1F. The molecule has 0 heterocycles. The molecule has 0 aliphatic heterocycles. The standard InChI is InChI=1S/C14H15F4NO2/c15-12-4-3-10(14(16,17)18)7-11(12)13(20)19-5-6-21-8-9-1-2-9/h3-4,7,9H,1-2,5-6,8H2,(H,19,20). The summed E-state index contributed by atoms with van der Waals surface area (Å²) in [6, 6.07) is 1.75. The molecule has 1 N–H and O–H groups in total. The predicted octanol–water partition coefficient (Wildman–Crippen LogP) is 3.00. The molecular weight excluding hydrogens is 290 g/mol. The topological polar surface area (TPSA) is 38.3 Å². The zero-order valence-electron chi connectivity index (χ0n) is 11.2. The van der Waals surface area contributed by atoms with Crippen LogP contribution in [0.4, 0.5) is 17.6 Å². The quantitative estimate of drug-likeness (QED) is 0.648. The molecule has 0 saturated heterocycles. The molecule has 0 aromatic heterocycles. The Hall–Kier alpha value is -1.63. The van der Waals surface area contributed by atoms with Crippen LogP contribution in [0.15, 0.2) is 18.2 Å². The lowest BCUT2D eigenvalue weighted by Crippen LogP contribution is -2.28. The number of rotatable bonds is 6. The lowest BCUT2D eigenvalue weighted by Gasteiger charge is -2.10. The number of carbonyl (C=O) groups excluding carboxylic acids is 1. The van der Waals surface area contributed by atoms with Crippen LogP contribution in [0.2, 0.25) is 0 Å². The van der Waals surface area contributed by atoms with Gasteiger partial charge >= 0.3 is 6.18 Å². The summed E-state index contributed by atoms with van der Waals surface area (Å²) in [6.07, 6.45) is -2.33. The van der Waals surface area contributed by atoms with Gasteiger partial charge in [0.25, 0.3) is 5.91 Å². The van der Waals surface area contributed by atoms with E-state index in [1.807, 2.05) is 0 Å². The molecule has 2 rings (SSSR count). The second kappa shape index (κ2) is 6.43. The number of carbonyl (C=O) groups is 1. The number of benzene rings is 1. The van der Waals surface area contributed by atoms with E-state index in [0.717, 1.165) is 12.8 Å². The van der Waals surface area contributed by atoms with E-state index in [9.17, 15) is 22.4 Å². The third-order valence-electron chi connectivity index (χ3n) is 3.12. The van der Waals surface area contributed by atoms with Crippen LogP contribution in [0.25, 0.3) is 0 Å². The first-order valence-corrected chi connectivity index (χ1v) is 6.60. The van der Waals surface area contributed by atoms with Gasteiger partial charge in [-0.15, -0.1) is 0 Å². The number of hydrogen-bond donors (Lipinski definition) is 1. The molecule has 0 spiro atoms. The van der Waals surface area contributed by atoms with Gasteiger partial charge in [0, 0.05) is 13.2 Å². The van der Waals surface area contributed by atoms with E-state index in [-0.39, 0.29) is 13.2 Å². The number of ether oxygens (including phenoxy) is 1. The molecule has 1 aliphatic carbocycles. The highest BCUT2D eigenvalue weighted by atomic mass is 19.4. The highest BCUT2D eigenvalue weighted by Gasteiger charge is 2.31. The summed E-state index contributed by atoms with van der Waals surface area (Å²) in [5, 5.41) is 2.34. The number of nitrogens with one attached hydrogen (secondary N) is 1. The van der Waals surface area contributed by atoms with E-state index < -0.39 is 29.0 Å². The van der Waals surface area contributed by atoms with Crippen LogP contribution in [-0.4, -0.2) is 25.7 Å². The Labute approximate surface area is 119 Å². The second-order valence-electron chi connectivity index (χ2n) is 4.97. The molecule has 3 nitrogen and oxygen atoms in total. The summed E-state index contributed by atoms with van der Waals surface area (Å²) in [7, 11) is 0. The Morgan fingerprint density at radius 3 is 2.67 bits per heavy atom. The lowest BCUT2D eigenvalue weighted by atomic mass is 10.1. The van der Waals surface area contributed by atoms with Crippen LogP contribution in [0.5, 0.6) is 0 Å². The first-order chi connectivity index (χ1) is 9.88. The monoisotopic (exact) mass is 305 g/mol. The molecule has 1 aliphatic rings. The summed E-state index contributed by atoms with van der Waals surface area (Å²) in [6.45, 7) is 0.998. The van der Waals surface area contributed by atoms with Crippen molar-refractivity contribution in [2.45, 2.75) is 19.0 Å². The summed E-state index contributed by atoms with van der Waals surface area (Å²) >= 11 is 0. The van der Waals surface area contributed by atoms with E-state index >= 15 is 0 Å². The summed E-state index contributed by atoms with van der Waals surface area (Å²) in [5.74, 6) is -1.28. The van der Waals surface area contributed by atoms with E-state index in [1.165, 1.54) is 0 Å². The highest BCUT2D eigenvalue weighted by molar-refractivity contribution is 5.94. The minimum absolute atomic E-state index is 0.126. The lowest BCUT2D eigenvalue weighted by molar-refractivity contribution is -0.137. The summed E-state index contributed by atoms with van der Waals surface area (Å²) < 4.78 is 56.3. The molecule has 7 heteroatoms. The van der Waals surface area contributed by atoms with Gasteiger partial charge in [0.1, 0.15) is 5.82 Å². The minimum Gasteiger partial charge on any atom is -0.379 e. The molecule has 1 amide bonds. The van der Waals surface area contributed by atoms with Crippen molar-refractivity contribution < 1.29 is 27.1 Å². The fraction of sp³-hybridized carbons (Fsp3) is 0.500. The van der Waals surface area contributed by atoms with E-state index in [4.69, 9.17) is 4.74 Å². The summed E-state index contributed by atoms with van der Waals surface area (Å²) in [4.78, 5) is 11.7. The molecule has 1 fully saturated rings. The van der Waals surface area contributed by atoms with Gasteiger partial charge in [-0.2, -0.15) is 13.2 Å². The molecule has 21 heavy (non-hydrogen) atoms. The van der Waals surface area contributed by atoms with Crippen molar-refractivity contribution >= 4 is 5.91 Å². The molecule has 1 aromatic carbocycles. The van der Waals surface area contributed by atoms with Gasteiger partial charge in [-0.25, -0.2) is 4.39 Å². The van der Waals surface area contributed by atoms with Gasteiger partial charge in [0.05, 0.1) is 17.7 Å². The number of hydrogen-bond acceptors (Lipinski definition) is 2. The molecule has 0 unspecified atom stereocenters. The van der Waals surface area contributed by atoms with Gasteiger partial charge < -0.3 is 10.1 Å². The second-order valence-corrected chi connectivity index (χ2v) is 4.97. The smallest absolute Gasteiger partial charge is 0.379 e. The molecular formula is C14H15F4NO2. The minimum atomic E-state index is -4.61. The Balaban J connectivity index is 1.88. The molecule has 0 radical (unpaired) electrons. The molecule has 1 aromatic rings. The molecule has 0 bridgehead atoms. The van der Waals surface area contributed by atoms with Crippen molar-refractivity contribution in [1.82, 2.24) is 5.32 Å². The first-order valence-electron chi connectivity index (χ1n) is 6.60. The van der Waals surface area contributed by atoms with Crippen molar-refractivity contribution in [2.24, 2.45) is 5.92 Å². The van der Waals surface area contributed by atoms with Crippen LogP contribution >= 0.6 is 0 Å². The normalized spacial score (nSPS) is 15.0. The highest BCUT2D eigenvalue weighted by Crippen LogP contribution is 2.30. The predicted molar refractivity (Wildman–Crippen MR) is 67.3 cm³/mol. The Kier molecular flexibility index (Phi) is 4.82. The van der Waals surface area contributed by atoms with Gasteiger partial charge in [0.2, 0.25) is 0 Å². The zero-order chi connectivity index (χ0) is 15.5. The van der Waals surface area contributed by atoms with Gasteiger partial charge in [-0.3, -0.25) is 4.79 Å². The largest absolute Gasteiger partial charge is 0.416 e. The zero-order valence-corrected chi connectivity index (χ0v) is 11.2. The molecule has 1 saturated carbocycles. The maximum atomic E-state index is 13.4. The maximum Gasteiger partial charge on any atom is 0.416 e. The van der Waals surface area contributed by atoms with Crippen molar-refractivity contribution in [3.63, 3.8) is 0 Å². The molecule has 116 valence electrons. The fourth-order valence-corrected chi connectivity index (χ4v) is 1.74. The van der Waals surface area contributed by atoms with Crippen molar-refractivity contribution in [1.29, 1.82) is 0 Å².